The van der Waals surface area contributed by atoms with Crippen molar-refractivity contribution in [3.63, 3.8) is 0 Å². The first-order valence-corrected chi connectivity index (χ1v) is 46.1. The molecule has 0 aliphatic carbocycles. The van der Waals surface area contributed by atoms with E-state index in [2.05, 4.69) is 167 Å². The minimum absolute atomic E-state index is 0.102. The van der Waals surface area contributed by atoms with Crippen LogP contribution in [0.25, 0.3) is 0 Å². The van der Waals surface area contributed by atoms with Crippen LogP contribution in [0.2, 0.25) is 0 Å². The number of phosphoric ester groups is 2. The van der Waals surface area contributed by atoms with Gasteiger partial charge in [0.1, 0.15) is 25.4 Å². The lowest BCUT2D eigenvalue weighted by molar-refractivity contribution is -0.161. The highest BCUT2D eigenvalue weighted by Gasteiger charge is 2.29. The van der Waals surface area contributed by atoms with E-state index in [1.54, 1.807) is 0 Å². The highest BCUT2D eigenvalue weighted by Crippen LogP contribution is 2.45. The number of allylic oxidation sites excluding steroid dienone is 24. The molecule has 4 N–H and O–H groups in total. The zero-order chi connectivity index (χ0) is 79.4. The van der Waals surface area contributed by atoms with Gasteiger partial charge in [0.2, 0.25) is 0 Å². The van der Waals surface area contributed by atoms with Crippen molar-refractivity contribution >= 4 is 33.6 Å². The van der Waals surface area contributed by atoms with Crippen LogP contribution in [-0.4, -0.2) is 95.9 Å². The quantitative estimate of drug-likeness (QED) is 0.0146. The highest BCUT2D eigenvalue weighted by molar-refractivity contribution is 7.47. The number of unbranched alkanes of at least 4 members (excludes halogenated alkanes) is 34. The molecule has 18 heteroatoms. The molecule has 0 aromatic heterocycles. The largest absolute Gasteiger partial charge is 0.472 e. The Morgan fingerprint density at radius 3 is 0.771 bits per heavy atom. The topological polar surface area (TPSA) is 231 Å². The second-order valence-corrected chi connectivity index (χ2v) is 31.5. The van der Waals surface area contributed by atoms with Crippen molar-refractivity contribution in [2.75, 3.05) is 39.6 Å². The summed E-state index contributed by atoms with van der Waals surface area (Å²) in [5.41, 5.74) is 0. The summed E-state index contributed by atoms with van der Waals surface area (Å²) in [7, 11) is -9.80. The zero-order valence-electron chi connectivity index (χ0n) is 68.7. The number of hydrogen-bond donors (Lipinski definition) is 4. The van der Waals surface area contributed by atoms with Gasteiger partial charge < -0.3 is 34.2 Å². The van der Waals surface area contributed by atoms with Crippen LogP contribution >= 0.6 is 15.6 Å². The lowest BCUT2D eigenvalue weighted by Crippen LogP contribution is -2.30. The van der Waals surface area contributed by atoms with Crippen molar-refractivity contribution in [1.82, 2.24) is 0 Å². The Balaban J connectivity index is 4.49. The molecule has 109 heavy (non-hydrogen) atoms. The van der Waals surface area contributed by atoms with Crippen LogP contribution in [0.5, 0.6) is 0 Å². The Hall–Kier alpha value is -4.57. The van der Waals surface area contributed by atoms with Gasteiger partial charge in [-0.3, -0.25) is 32.5 Å². The zero-order valence-corrected chi connectivity index (χ0v) is 70.5. The summed E-state index contributed by atoms with van der Waals surface area (Å²) in [5, 5.41) is 20.7. The van der Waals surface area contributed by atoms with Crippen LogP contribution in [-0.2, 0) is 55.8 Å². The van der Waals surface area contributed by atoms with Gasteiger partial charge in [-0.15, -0.1) is 0 Å². The molecule has 0 aliphatic heterocycles. The summed E-state index contributed by atoms with van der Waals surface area (Å²) in [6.45, 7) is 2.48. The Morgan fingerprint density at radius 1 is 0.266 bits per heavy atom. The average Bonchev–Trinajstić information content (AvgIpc) is 0.903. The van der Waals surface area contributed by atoms with Crippen LogP contribution in [0, 0.1) is 0 Å². The maximum absolute atomic E-state index is 13.0. The first kappa shape index (κ1) is 104. The molecule has 0 rings (SSSR count). The molecule has 0 heterocycles. The molecule has 0 amide bonds. The molecule has 0 saturated heterocycles. The van der Waals surface area contributed by atoms with E-state index in [1.807, 2.05) is 0 Å². The summed E-state index contributed by atoms with van der Waals surface area (Å²) in [5.74, 6) is -1.58. The number of carbonyl (C=O) groups excluding carboxylic acids is 3. The van der Waals surface area contributed by atoms with Crippen molar-refractivity contribution in [2.45, 2.75) is 373 Å². The number of phosphoric acid groups is 2. The number of ether oxygens (including phenoxy) is 3. The second kappa shape index (κ2) is 82.9. The fraction of sp³-hybridized carbons (Fsp3) is 0.703. The molecule has 0 radical (unpaired) electrons. The third-order valence-electron chi connectivity index (χ3n) is 18.1. The Morgan fingerprint density at radius 2 is 0.486 bits per heavy atom. The second-order valence-electron chi connectivity index (χ2n) is 28.6. The predicted molar refractivity (Wildman–Crippen MR) is 454 cm³/mol. The number of hydrogen-bond acceptors (Lipinski definition) is 14. The minimum atomic E-state index is -4.94. The first-order valence-electron chi connectivity index (χ1n) is 43.1. The number of aliphatic hydroxyl groups is 2. The van der Waals surface area contributed by atoms with Crippen LogP contribution in [0.3, 0.4) is 0 Å². The van der Waals surface area contributed by atoms with E-state index in [4.69, 9.17) is 32.3 Å². The van der Waals surface area contributed by atoms with Crippen molar-refractivity contribution < 1.29 is 75.8 Å². The number of carbonyl (C=O) groups is 3. The first-order chi connectivity index (χ1) is 53.2. The fourth-order valence-corrected chi connectivity index (χ4v) is 13.2. The van der Waals surface area contributed by atoms with E-state index in [1.165, 1.54) is 128 Å². The smallest absolute Gasteiger partial charge is 0.463 e. The molecule has 5 unspecified atom stereocenters. The van der Waals surface area contributed by atoms with Crippen LogP contribution in [0.1, 0.15) is 355 Å². The third-order valence-corrected chi connectivity index (χ3v) is 20.0. The molecule has 0 fully saturated rings. The normalized spacial score (nSPS) is 14.6. The Kier molecular flexibility index (Phi) is 79.4. The summed E-state index contributed by atoms with van der Waals surface area (Å²) in [6, 6.07) is 0. The number of rotatable bonds is 81. The van der Waals surface area contributed by atoms with Gasteiger partial charge in [0.25, 0.3) is 0 Å². The lowest BCUT2D eigenvalue weighted by atomic mass is 10.0. The molecule has 626 valence electrons. The summed E-state index contributed by atoms with van der Waals surface area (Å²) in [6.07, 6.45) is 103. The molecule has 0 bridgehead atoms. The summed E-state index contributed by atoms with van der Waals surface area (Å²) >= 11 is 0. The number of esters is 3. The van der Waals surface area contributed by atoms with Gasteiger partial charge in [-0.2, -0.15) is 0 Å². The highest BCUT2D eigenvalue weighted by atomic mass is 31.2. The minimum Gasteiger partial charge on any atom is -0.463 e. The van der Waals surface area contributed by atoms with E-state index in [0.29, 0.717) is 19.3 Å². The third kappa shape index (κ3) is 84.2. The molecular formula is C91H156O16P2. The molecular weight excluding hydrogens is 1410 g/mol. The Bertz CT molecular complexity index is 2560. The van der Waals surface area contributed by atoms with Gasteiger partial charge in [-0.1, -0.05) is 359 Å². The van der Waals surface area contributed by atoms with Crippen molar-refractivity contribution in [1.29, 1.82) is 0 Å². The standard InChI is InChI=1S/C91H156O16P2/c1-4-7-10-13-16-19-22-25-28-30-32-34-36-38-39-40-41-42-43-44-45-47-49-50-52-54-57-59-62-65-68-71-74-77-89(94)101-80-86(92)81-103-108(97,98)104-82-87(93)83-105-109(99,100)106-85-88(107-91(96)79-76-73-70-67-64-61-56-27-24-21-18-15-12-9-6-3)84-102-90(95)78-75-72-69-66-63-60-58-55-53-51-48-46-37-35-33-31-29-26-23-20-17-14-11-8-5-2/h7-8,10-11,16-17,19-20,25-26,28-29,32-35,38-39,41-42,46,48,53,55,86-88,92-93H,4-6,9,12-15,18,21-24,27,30-31,36-37,40,43-45,47,49-52,54,56-85H2,1-3H3,(H,97,98)(H,99,100)/b10-7-,11-8-,19-16-,20-17-,28-25-,29-26-,34-32-,35-33-,39-38-,42-41-,48-46-,55-53-. The van der Waals surface area contributed by atoms with E-state index in [0.717, 1.165) is 167 Å². The molecule has 16 nitrogen and oxygen atoms in total. The number of aliphatic hydroxyl groups excluding tert-OH is 2. The molecule has 0 aromatic carbocycles. The molecule has 0 spiro atoms. The van der Waals surface area contributed by atoms with Crippen molar-refractivity contribution in [3.05, 3.63) is 146 Å². The predicted octanol–water partition coefficient (Wildman–Crippen LogP) is 26.0. The van der Waals surface area contributed by atoms with Gasteiger partial charge in [-0.25, -0.2) is 9.13 Å². The van der Waals surface area contributed by atoms with Gasteiger partial charge >= 0.3 is 33.6 Å². The maximum Gasteiger partial charge on any atom is 0.472 e. The van der Waals surface area contributed by atoms with Crippen LogP contribution in [0.15, 0.2) is 146 Å². The van der Waals surface area contributed by atoms with Crippen molar-refractivity contribution in [3.8, 4) is 0 Å². The molecule has 0 saturated carbocycles. The van der Waals surface area contributed by atoms with E-state index >= 15 is 0 Å². The molecule has 5 atom stereocenters. The molecule has 0 aliphatic rings. The SMILES string of the molecule is CC/C=C\C/C=C\C/C=C\C/C=C\C/C=C\C/C=C\CCCCCCCCCCCCCCCCC(=O)OCC(O)COP(=O)(O)OCC(O)COP(=O)(O)OCC(COC(=O)CCCCCCCC/C=C\C/C=C\C/C=C\C/C=C\C/C=C\C/C=C\CC)OC(=O)CCCCCCCCCCCCCCCCC. The lowest BCUT2D eigenvalue weighted by Gasteiger charge is -2.21. The summed E-state index contributed by atoms with van der Waals surface area (Å²) < 4.78 is 61.3. The molecule has 0 aromatic rings. The van der Waals surface area contributed by atoms with Crippen LogP contribution < -0.4 is 0 Å². The van der Waals surface area contributed by atoms with Gasteiger partial charge in [0, 0.05) is 19.3 Å². The van der Waals surface area contributed by atoms with Gasteiger partial charge in [0.15, 0.2) is 6.10 Å². The van der Waals surface area contributed by atoms with E-state index in [-0.39, 0.29) is 19.3 Å². The van der Waals surface area contributed by atoms with Gasteiger partial charge in [-0.05, 0) is 122 Å². The van der Waals surface area contributed by atoms with E-state index in [9.17, 15) is 43.5 Å². The average molecular weight is 1570 g/mol. The Labute approximate surface area is 664 Å². The van der Waals surface area contributed by atoms with Gasteiger partial charge in [0.05, 0.1) is 26.4 Å². The van der Waals surface area contributed by atoms with E-state index < -0.39 is 91.5 Å². The monoisotopic (exact) mass is 1570 g/mol. The summed E-state index contributed by atoms with van der Waals surface area (Å²) in [4.78, 5) is 58.8. The fourth-order valence-electron chi connectivity index (χ4n) is 11.6. The van der Waals surface area contributed by atoms with Crippen molar-refractivity contribution in [2.24, 2.45) is 0 Å². The maximum atomic E-state index is 13.0. The van der Waals surface area contributed by atoms with Crippen LogP contribution in [0.4, 0.5) is 0 Å².